The van der Waals surface area contributed by atoms with Crippen molar-refractivity contribution in [3.63, 3.8) is 0 Å². The third kappa shape index (κ3) is 3.92. The van der Waals surface area contributed by atoms with Crippen LogP contribution < -0.4 is 10.1 Å². The number of amides is 3. The molecule has 0 aliphatic carbocycles. The van der Waals surface area contributed by atoms with E-state index in [0.717, 1.165) is 16.3 Å². The molecule has 1 aliphatic heterocycles. The molecule has 8 nitrogen and oxygen atoms in total. The summed E-state index contributed by atoms with van der Waals surface area (Å²) in [5.74, 6) is 0.0603. The fourth-order valence-corrected chi connectivity index (χ4v) is 3.41. The first-order chi connectivity index (χ1) is 14.8. The second-order valence-corrected chi connectivity index (χ2v) is 7.46. The number of nitrogens with one attached hydrogen (secondary N) is 1. The molecule has 1 atom stereocenters. The highest BCUT2D eigenvalue weighted by molar-refractivity contribution is 6.23. The van der Waals surface area contributed by atoms with Crippen molar-refractivity contribution in [3.8, 4) is 5.75 Å². The van der Waals surface area contributed by atoms with Crippen LogP contribution in [0.1, 0.15) is 39.0 Å². The first kappa shape index (κ1) is 20.3. The third-order valence-corrected chi connectivity index (χ3v) is 5.25. The number of carbonyl (C=O) groups excluding carboxylic acids is 3. The number of nitrogens with zero attached hydrogens (tertiary/aromatic N) is 3. The zero-order valence-electron chi connectivity index (χ0n) is 17.5. The zero-order valence-corrected chi connectivity index (χ0v) is 17.5. The van der Waals surface area contributed by atoms with Gasteiger partial charge in [-0.05, 0) is 50.2 Å². The van der Waals surface area contributed by atoms with E-state index in [1.54, 1.807) is 48.7 Å². The van der Waals surface area contributed by atoms with E-state index < -0.39 is 23.8 Å². The van der Waals surface area contributed by atoms with E-state index in [1.807, 2.05) is 24.7 Å². The van der Waals surface area contributed by atoms with E-state index in [0.29, 0.717) is 29.2 Å². The van der Waals surface area contributed by atoms with Crippen molar-refractivity contribution in [3.05, 3.63) is 77.4 Å². The van der Waals surface area contributed by atoms with Gasteiger partial charge in [-0.3, -0.25) is 19.3 Å². The van der Waals surface area contributed by atoms with Gasteiger partial charge in [-0.2, -0.15) is 0 Å². The normalized spacial score (nSPS) is 13.8. The molecule has 1 unspecified atom stereocenters. The Labute approximate surface area is 179 Å². The maximum atomic E-state index is 12.7. The summed E-state index contributed by atoms with van der Waals surface area (Å²) < 4.78 is 7.57. The Kier molecular flexibility index (Phi) is 5.29. The molecular weight excluding hydrogens is 396 g/mol. The van der Waals surface area contributed by atoms with E-state index in [9.17, 15) is 14.4 Å². The summed E-state index contributed by atoms with van der Waals surface area (Å²) in [4.78, 5) is 43.3. The van der Waals surface area contributed by atoms with Crippen LogP contribution in [0.4, 0.5) is 5.69 Å². The number of imidazole rings is 1. The van der Waals surface area contributed by atoms with Crippen molar-refractivity contribution in [2.75, 3.05) is 5.32 Å². The van der Waals surface area contributed by atoms with E-state index in [4.69, 9.17) is 4.74 Å². The summed E-state index contributed by atoms with van der Waals surface area (Å²) in [6, 6.07) is 11.0. The predicted molar refractivity (Wildman–Crippen MR) is 114 cm³/mol. The van der Waals surface area contributed by atoms with Gasteiger partial charge >= 0.3 is 0 Å². The molecule has 2 aromatic carbocycles. The molecule has 8 heteroatoms. The van der Waals surface area contributed by atoms with Crippen LogP contribution in [0.25, 0.3) is 0 Å². The molecule has 3 aromatic rings. The van der Waals surface area contributed by atoms with Crippen molar-refractivity contribution >= 4 is 23.4 Å². The lowest BCUT2D eigenvalue weighted by Gasteiger charge is -2.21. The van der Waals surface area contributed by atoms with E-state index in [1.165, 1.54) is 6.92 Å². The van der Waals surface area contributed by atoms with Gasteiger partial charge in [0.15, 0.2) is 0 Å². The van der Waals surface area contributed by atoms with Crippen molar-refractivity contribution in [1.29, 1.82) is 0 Å². The number of imide groups is 1. The van der Waals surface area contributed by atoms with Gasteiger partial charge in [0.2, 0.25) is 5.91 Å². The van der Waals surface area contributed by atoms with Crippen LogP contribution in [-0.2, 0) is 18.4 Å². The lowest BCUT2D eigenvalue weighted by Crippen LogP contribution is -2.45. The fourth-order valence-electron chi connectivity index (χ4n) is 3.41. The summed E-state index contributed by atoms with van der Waals surface area (Å²) in [5, 5.41) is 2.75. The molecular formula is C23H22N4O4. The average molecular weight is 418 g/mol. The highest BCUT2D eigenvalue weighted by Crippen LogP contribution is 2.26. The van der Waals surface area contributed by atoms with Crippen LogP contribution in [0.3, 0.4) is 0 Å². The van der Waals surface area contributed by atoms with Gasteiger partial charge in [-0.15, -0.1) is 0 Å². The molecule has 31 heavy (non-hydrogen) atoms. The number of anilines is 1. The number of aromatic nitrogens is 2. The predicted octanol–water partition coefficient (Wildman–Crippen LogP) is 2.93. The van der Waals surface area contributed by atoms with Crippen LogP contribution in [0.2, 0.25) is 0 Å². The Morgan fingerprint density at radius 1 is 1.10 bits per heavy atom. The van der Waals surface area contributed by atoms with Crippen LogP contribution in [-0.4, -0.2) is 38.2 Å². The third-order valence-electron chi connectivity index (χ3n) is 5.25. The van der Waals surface area contributed by atoms with E-state index in [2.05, 4.69) is 10.3 Å². The highest BCUT2D eigenvalue weighted by atomic mass is 16.5. The Morgan fingerprint density at radius 2 is 1.81 bits per heavy atom. The number of benzene rings is 2. The van der Waals surface area contributed by atoms with Crippen LogP contribution in [0.15, 0.2) is 54.9 Å². The summed E-state index contributed by atoms with van der Waals surface area (Å²) in [5.41, 5.74) is 2.07. The monoisotopic (exact) mass is 418 g/mol. The Bertz CT molecular complexity index is 1170. The van der Waals surface area contributed by atoms with Crippen molar-refractivity contribution in [2.24, 2.45) is 7.05 Å². The van der Waals surface area contributed by atoms with E-state index >= 15 is 0 Å². The topological polar surface area (TPSA) is 93.5 Å². The number of carbonyl (C=O) groups is 3. The maximum absolute atomic E-state index is 12.7. The molecule has 0 spiro atoms. The van der Waals surface area contributed by atoms with Crippen molar-refractivity contribution in [1.82, 2.24) is 14.5 Å². The standard InChI is InChI=1S/C23H22N4O4/c1-14-4-9-18-19(12-14)23(30)27(22(18)29)15(2)21(28)25-16-5-7-17(8-6-16)31-13-20-24-10-11-26(20)3/h4-12,15H,13H2,1-3H3,(H,25,28). The summed E-state index contributed by atoms with van der Waals surface area (Å²) in [6.07, 6.45) is 3.54. The highest BCUT2D eigenvalue weighted by Gasteiger charge is 2.40. The van der Waals surface area contributed by atoms with Gasteiger partial charge in [0, 0.05) is 25.1 Å². The Balaban J connectivity index is 1.39. The van der Waals surface area contributed by atoms with Gasteiger partial charge in [0.05, 0.1) is 11.1 Å². The Hall–Kier alpha value is -3.94. The summed E-state index contributed by atoms with van der Waals surface area (Å²) >= 11 is 0. The smallest absolute Gasteiger partial charge is 0.262 e. The zero-order chi connectivity index (χ0) is 22.1. The maximum Gasteiger partial charge on any atom is 0.262 e. The van der Waals surface area contributed by atoms with E-state index in [-0.39, 0.29) is 0 Å². The number of hydrogen-bond donors (Lipinski definition) is 1. The molecule has 2 heterocycles. The molecule has 0 saturated carbocycles. The number of aryl methyl sites for hydroxylation is 2. The molecule has 158 valence electrons. The van der Waals surface area contributed by atoms with Gasteiger partial charge in [0.1, 0.15) is 24.2 Å². The molecule has 1 aliphatic rings. The van der Waals surface area contributed by atoms with Gasteiger partial charge in [-0.1, -0.05) is 11.6 Å². The van der Waals surface area contributed by atoms with Crippen LogP contribution in [0.5, 0.6) is 5.75 Å². The molecule has 3 amide bonds. The van der Waals surface area contributed by atoms with Crippen molar-refractivity contribution < 1.29 is 19.1 Å². The minimum absolute atomic E-state index is 0.324. The summed E-state index contributed by atoms with van der Waals surface area (Å²) in [7, 11) is 1.89. The minimum atomic E-state index is -0.952. The molecule has 0 bridgehead atoms. The summed E-state index contributed by atoms with van der Waals surface area (Å²) in [6.45, 7) is 3.71. The molecule has 0 saturated heterocycles. The lowest BCUT2D eigenvalue weighted by atomic mass is 10.1. The van der Waals surface area contributed by atoms with Gasteiger partial charge < -0.3 is 14.6 Å². The number of fused-ring (bicyclic) bond motifs is 1. The molecule has 0 radical (unpaired) electrons. The SMILES string of the molecule is Cc1ccc2c(c1)C(=O)N(C(C)C(=O)Nc1ccc(OCc3nccn3C)cc1)C2=O. The number of hydrogen-bond acceptors (Lipinski definition) is 5. The van der Waals surface area contributed by atoms with Gasteiger partial charge in [-0.25, -0.2) is 4.98 Å². The second-order valence-electron chi connectivity index (χ2n) is 7.46. The molecule has 4 rings (SSSR count). The first-order valence-corrected chi connectivity index (χ1v) is 9.83. The Morgan fingerprint density at radius 3 is 2.48 bits per heavy atom. The molecule has 1 aromatic heterocycles. The fraction of sp³-hybridized carbons (Fsp3) is 0.217. The average Bonchev–Trinajstić information content (AvgIpc) is 3.27. The first-order valence-electron chi connectivity index (χ1n) is 9.83. The number of rotatable bonds is 6. The minimum Gasteiger partial charge on any atom is -0.486 e. The molecule has 0 fully saturated rings. The lowest BCUT2D eigenvalue weighted by molar-refractivity contribution is -0.119. The largest absolute Gasteiger partial charge is 0.486 e. The quantitative estimate of drug-likeness (QED) is 0.622. The second kappa shape index (κ2) is 8.06. The van der Waals surface area contributed by atoms with Crippen LogP contribution >= 0.6 is 0 Å². The van der Waals surface area contributed by atoms with Gasteiger partial charge in [0.25, 0.3) is 11.8 Å². The van der Waals surface area contributed by atoms with Crippen LogP contribution in [0, 0.1) is 6.92 Å². The number of ether oxygens (including phenoxy) is 1. The van der Waals surface area contributed by atoms with Crippen molar-refractivity contribution in [2.45, 2.75) is 26.5 Å². The molecule has 1 N–H and O–H groups in total.